The fourth-order valence-corrected chi connectivity index (χ4v) is 3.31. The molecule has 30 heavy (non-hydrogen) atoms. The average Bonchev–Trinajstić information content (AvgIpc) is 2.72. The van der Waals surface area contributed by atoms with Crippen LogP contribution >= 0.6 is 24.0 Å². The van der Waals surface area contributed by atoms with Gasteiger partial charge in [0, 0.05) is 45.2 Å². The van der Waals surface area contributed by atoms with Crippen molar-refractivity contribution in [2.75, 3.05) is 39.8 Å². The van der Waals surface area contributed by atoms with E-state index in [2.05, 4.69) is 25.8 Å². The van der Waals surface area contributed by atoms with Gasteiger partial charge in [-0.1, -0.05) is 6.07 Å². The normalized spacial score (nSPS) is 14.7. The van der Waals surface area contributed by atoms with Crippen molar-refractivity contribution in [3.63, 3.8) is 0 Å². The van der Waals surface area contributed by atoms with Gasteiger partial charge in [0.05, 0.1) is 6.54 Å². The Labute approximate surface area is 195 Å². The Balaban J connectivity index is 0.00000450. The zero-order chi connectivity index (χ0) is 21.2. The molecule has 2 amide bonds. The smallest absolute Gasteiger partial charge is 0.251 e. The lowest BCUT2D eigenvalue weighted by Crippen LogP contribution is -2.46. The first kappa shape index (κ1) is 26.1. The monoisotopic (exact) mass is 533 g/mol. The number of benzene rings is 1. The molecule has 0 aliphatic carbocycles. The van der Waals surface area contributed by atoms with Crippen molar-refractivity contribution in [3.8, 4) is 0 Å². The quantitative estimate of drug-likeness (QED) is 0.217. The van der Waals surface area contributed by atoms with Gasteiger partial charge in [-0.05, 0) is 50.3 Å². The van der Waals surface area contributed by atoms with E-state index in [0.717, 1.165) is 38.4 Å². The number of likely N-dealkylation sites (tertiary alicyclic amines) is 1. The maximum Gasteiger partial charge on any atom is 0.251 e. The number of hydrogen-bond acceptors (Lipinski definition) is 3. The molecule has 1 aliphatic heterocycles. The lowest BCUT2D eigenvalue weighted by Gasteiger charge is -2.34. The van der Waals surface area contributed by atoms with Crippen LogP contribution in [0.1, 0.15) is 42.1 Å². The second-order valence-electron chi connectivity index (χ2n) is 7.26. The van der Waals surface area contributed by atoms with Crippen LogP contribution in [-0.2, 0) is 4.79 Å². The van der Waals surface area contributed by atoms with Gasteiger partial charge < -0.3 is 20.9 Å². The number of piperidine rings is 1. The van der Waals surface area contributed by atoms with Crippen molar-refractivity contribution in [1.82, 2.24) is 20.9 Å². The molecule has 0 unspecified atom stereocenters. The Morgan fingerprint density at radius 2 is 1.93 bits per heavy atom. The third-order valence-electron chi connectivity index (χ3n) is 5.09. The van der Waals surface area contributed by atoms with Gasteiger partial charge in [-0.25, -0.2) is 4.39 Å². The van der Waals surface area contributed by atoms with Gasteiger partial charge in [0.2, 0.25) is 5.91 Å². The Morgan fingerprint density at radius 1 is 1.23 bits per heavy atom. The second-order valence-corrected chi connectivity index (χ2v) is 7.26. The molecule has 0 bridgehead atoms. The zero-order valence-electron chi connectivity index (χ0n) is 18.0. The zero-order valence-corrected chi connectivity index (χ0v) is 20.3. The number of aliphatic imine (C=N–C) groups is 1. The summed E-state index contributed by atoms with van der Waals surface area (Å²) >= 11 is 0. The predicted molar refractivity (Wildman–Crippen MR) is 128 cm³/mol. The first-order valence-electron chi connectivity index (χ1n) is 10.2. The van der Waals surface area contributed by atoms with Crippen LogP contribution in [0.2, 0.25) is 0 Å². The molecular weight excluding hydrogens is 500 g/mol. The van der Waals surface area contributed by atoms with E-state index in [1.165, 1.54) is 6.07 Å². The summed E-state index contributed by atoms with van der Waals surface area (Å²) in [5.74, 6) is 0.627. The topological polar surface area (TPSA) is 85.8 Å². The van der Waals surface area contributed by atoms with Crippen LogP contribution in [-0.4, -0.2) is 62.4 Å². The molecule has 3 N–H and O–H groups in total. The molecule has 0 atom stereocenters. The summed E-state index contributed by atoms with van der Waals surface area (Å²) in [4.78, 5) is 30.5. The van der Waals surface area contributed by atoms with Crippen LogP contribution in [0.15, 0.2) is 23.2 Å². The van der Waals surface area contributed by atoms with Gasteiger partial charge in [0.1, 0.15) is 5.82 Å². The maximum absolute atomic E-state index is 13.6. The highest BCUT2D eigenvalue weighted by molar-refractivity contribution is 14.0. The van der Waals surface area contributed by atoms with E-state index in [1.54, 1.807) is 26.1 Å². The minimum Gasteiger partial charge on any atom is -0.359 e. The molecule has 0 radical (unpaired) electrons. The molecule has 1 aliphatic rings. The minimum atomic E-state index is -0.384. The predicted octanol–water partition coefficient (Wildman–Crippen LogP) is 2.30. The van der Waals surface area contributed by atoms with E-state index < -0.39 is 0 Å². The number of rotatable bonds is 7. The highest BCUT2D eigenvalue weighted by Gasteiger charge is 2.23. The molecule has 9 heteroatoms. The number of amides is 2. The highest BCUT2D eigenvalue weighted by Crippen LogP contribution is 2.20. The Bertz CT molecular complexity index is 736. The summed E-state index contributed by atoms with van der Waals surface area (Å²) in [6, 6.07) is 4.46. The van der Waals surface area contributed by atoms with Crippen LogP contribution < -0.4 is 16.0 Å². The molecule has 0 saturated carbocycles. The Kier molecular flexibility index (Phi) is 11.7. The van der Waals surface area contributed by atoms with E-state index >= 15 is 0 Å². The molecule has 2 rings (SSSR count). The minimum absolute atomic E-state index is 0. The molecule has 1 aromatic rings. The summed E-state index contributed by atoms with van der Waals surface area (Å²) in [6.07, 6.45) is 2.48. The summed E-state index contributed by atoms with van der Waals surface area (Å²) in [5, 5.41) is 8.75. The largest absolute Gasteiger partial charge is 0.359 e. The molecule has 1 saturated heterocycles. The lowest BCUT2D eigenvalue weighted by atomic mass is 9.93. The number of halogens is 2. The number of nitrogens with zero attached hydrogens (tertiary/aromatic N) is 2. The van der Waals surface area contributed by atoms with Crippen molar-refractivity contribution in [2.24, 2.45) is 10.9 Å². The molecule has 0 spiro atoms. The Morgan fingerprint density at radius 3 is 2.53 bits per heavy atom. The molecule has 1 heterocycles. The summed E-state index contributed by atoms with van der Waals surface area (Å²) in [5.41, 5.74) is 0.822. The first-order chi connectivity index (χ1) is 13.9. The SMILES string of the molecule is CCNC(=NCCNC(=O)c1ccc(C)c(F)c1)N1CCC(CC(=O)NC)CC1.I. The van der Waals surface area contributed by atoms with E-state index in [1.807, 2.05) is 6.92 Å². The van der Waals surface area contributed by atoms with Gasteiger partial charge in [0.15, 0.2) is 5.96 Å². The fourth-order valence-electron chi connectivity index (χ4n) is 3.31. The van der Waals surface area contributed by atoms with Crippen LogP contribution in [0.25, 0.3) is 0 Å². The lowest BCUT2D eigenvalue weighted by molar-refractivity contribution is -0.121. The standard InChI is InChI=1S/C21H32FN5O2.HI/c1-4-24-21(27-11-7-16(8-12-27)13-19(28)23-3)26-10-9-25-20(29)17-6-5-15(2)18(22)14-17;/h5-6,14,16H,4,7-13H2,1-3H3,(H,23,28)(H,24,26)(H,25,29);1H. The van der Waals surface area contributed by atoms with Crippen molar-refractivity contribution < 1.29 is 14.0 Å². The van der Waals surface area contributed by atoms with Crippen molar-refractivity contribution >= 4 is 41.8 Å². The van der Waals surface area contributed by atoms with Crippen LogP contribution in [0.4, 0.5) is 4.39 Å². The van der Waals surface area contributed by atoms with Crippen molar-refractivity contribution in [3.05, 3.63) is 35.1 Å². The molecular formula is C21H33FIN5O2. The third kappa shape index (κ3) is 8.08. The van der Waals surface area contributed by atoms with Crippen molar-refractivity contribution in [1.29, 1.82) is 0 Å². The third-order valence-corrected chi connectivity index (χ3v) is 5.09. The summed E-state index contributed by atoms with van der Waals surface area (Å²) < 4.78 is 13.6. The molecule has 0 aromatic heterocycles. The number of guanidine groups is 1. The van der Waals surface area contributed by atoms with Gasteiger partial charge in [-0.3, -0.25) is 14.6 Å². The Hall–Kier alpha value is -1.91. The van der Waals surface area contributed by atoms with E-state index in [9.17, 15) is 14.0 Å². The number of aryl methyl sites for hydroxylation is 1. The summed E-state index contributed by atoms with van der Waals surface area (Å²) in [7, 11) is 1.67. The van der Waals surface area contributed by atoms with Gasteiger partial charge >= 0.3 is 0 Å². The van der Waals surface area contributed by atoms with Crippen LogP contribution in [0, 0.1) is 18.7 Å². The molecule has 1 aromatic carbocycles. The number of carbonyl (C=O) groups is 2. The van der Waals surface area contributed by atoms with E-state index in [4.69, 9.17) is 0 Å². The number of carbonyl (C=O) groups excluding carboxylic acids is 2. The van der Waals surface area contributed by atoms with Gasteiger partial charge in [-0.2, -0.15) is 0 Å². The van der Waals surface area contributed by atoms with Crippen LogP contribution in [0.5, 0.6) is 0 Å². The molecule has 1 fully saturated rings. The fraction of sp³-hybridized carbons (Fsp3) is 0.571. The first-order valence-corrected chi connectivity index (χ1v) is 10.2. The molecule has 7 nitrogen and oxygen atoms in total. The number of hydrogen-bond donors (Lipinski definition) is 3. The average molecular weight is 533 g/mol. The maximum atomic E-state index is 13.6. The highest BCUT2D eigenvalue weighted by atomic mass is 127. The molecule has 168 valence electrons. The van der Waals surface area contributed by atoms with E-state index in [0.29, 0.717) is 36.6 Å². The number of nitrogens with one attached hydrogen (secondary N) is 3. The summed E-state index contributed by atoms with van der Waals surface area (Å²) in [6.45, 7) is 6.94. The second kappa shape index (κ2) is 13.4. The van der Waals surface area contributed by atoms with Gasteiger partial charge in [-0.15, -0.1) is 24.0 Å². The van der Waals surface area contributed by atoms with Crippen molar-refractivity contribution in [2.45, 2.75) is 33.1 Å². The van der Waals surface area contributed by atoms with E-state index in [-0.39, 0.29) is 41.6 Å². The van der Waals surface area contributed by atoms with Gasteiger partial charge in [0.25, 0.3) is 5.91 Å². The van der Waals surface area contributed by atoms with Crippen LogP contribution in [0.3, 0.4) is 0 Å².